The van der Waals surface area contributed by atoms with Gasteiger partial charge in [-0.2, -0.15) is 0 Å². The van der Waals surface area contributed by atoms with E-state index < -0.39 is 0 Å². The van der Waals surface area contributed by atoms with Crippen LogP contribution in [0.3, 0.4) is 0 Å². The third kappa shape index (κ3) is 1.79. The van der Waals surface area contributed by atoms with Crippen LogP contribution in [0.15, 0.2) is 69.7 Å². The molecule has 0 radical (unpaired) electrons. The number of rotatable bonds is 2. The van der Waals surface area contributed by atoms with Gasteiger partial charge in [0.05, 0.1) is 11.7 Å². The van der Waals surface area contributed by atoms with Gasteiger partial charge in [0.15, 0.2) is 10.7 Å². The van der Waals surface area contributed by atoms with Gasteiger partial charge in [-0.3, -0.25) is 4.40 Å². The Hall–Kier alpha value is -2.27. The summed E-state index contributed by atoms with van der Waals surface area (Å²) in [5.74, 6) is 0. The fraction of sp³-hybridized carbons (Fsp3) is 0. The van der Waals surface area contributed by atoms with Crippen molar-refractivity contribution in [1.82, 2.24) is 14.4 Å². The maximum absolute atomic E-state index is 5.69. The van der Waals surface area contributed by atoms with Crippen molar-refractivity contribution in [2.75, 3.05) is 0 Å². The van der Waals surface area contributed by atoms with E-state index in [0.29, 0.717) is 5.22 Å². The van der Waals surface area contributed by atoms with E-state index in [4.69, 9.17) is 4.42 Å². The first-order valence-corrected chi connectivity index (χ1v) is 6.67. The quantitative estimate of drug-likeness (QED) is 0.556. The molecule has 0 bridgehead atoms. The van der Waals surface area contributed by atoms with Crippen molar-refractivity contribution in [2.24, 2.45) is 0 Å². The zero-order valence-corrected chi connectivity index (χ0v) is 10.7. The van der Waals surface area contributed by atoms with Gasteiger partial charge in [0.25, 0.3) is 5.22 Å². The number of pyridine rings is 1. The second-order valence-electron chi connectivity index (χ2n) is 4.09. The molecular formula is C14H9N3OS. The normalized spacial score (nSPS) is 11.4. The van der Waals surface area contributed by atoms with Crippen molar-refractivity contribution >= 4 is 28.4 Å². The van der Waals surface area contributed by atoms with Crippen molar-refractivity contribution in [3.8, 4) is 0 Å². The highest BCUT2D eigenvalue weighted by Crippen LogP contribution is 2.29. The summed E-state index contributed by atoms with van der Waals surface area (Å²) in [4.78, 5) is 8.82. The van der Waals surface area contributed by atoms with Gasteiger partial charge in [0.1, 0.15) is 5.52 Å². The third-order valence-electron chi connectivity index (χ3n) is 2.86. The summed E-state index contributed by atoms with van der Waals surface area (Å²) in [6.07, 6.45) is 3.82. The van der Waals surface area contributed by atoms with Crippen LogP contribution in [0.2, 0.25) is 0 Å². The summed E-state index contributed by atoms with van der Waals surface area (Å²) in [7, 11) is 0. The predicted molar refractivity (Wildman–Crippen MR) is 73.3 cm³/mol. The van der Waals surface area contributed by atoms with E-state index in [1.807, 2.05) is 59.3 Å². The molecule has 3 heterocycles. The smallest absolute Gasteiger partial charge is 0.264 e. The van der Waals surface area contributed by atoms with Gasteiger partial charge in [-0.15, -0.1) is 0 Å². The van der Waals surface area contributed by atoms with Crippen LogP contribution in [-0.2, 0) is 0 Å². The molecule has 0 aliphatic carbocycles. The first-order chi connectivity index (χ1) is 9.40. The van der Waals surface area contributed by atoms with Crippen LogP contribution >= 0.6 is 11.8 Å². The molecule has 1 aromatic carbocycles. The lowest BCUT2D eigenvalue weighted by atomic mass is 10.3. The average molecular weight is 267 g/mol. The Morgan fingerprint density at radius 2 is 1.95 bits per heavy atom. The summed E-state index contributed by atoms with van der Waals surface area (Å²) < 4.78 is 7.70. The van der Waals surface area contributed by atoms with Crippen molar-refractivity contribution in [3.63, 3.8) is 0 Å². The number of hydrogen-bond acceptors (Lipinski definition) is 4. The van der Waals surface area contributed by atoms with E-state index in [2.05, 4.69) is 9.97 Å². The Morgan fingerprint density at radius 3 is 2.89 bits per heavy atom. The number of nitrogens with zero attached hydrogens (tertiary/aromatic N) is 3. The molecule has 0 spiro atoms. The van der Waals surface area contributed by atoms with Crippen LogP contribution in [0.4, 0.5) is 0 Å². The van der Waals surface area contributed by atoms with E-state index in [-0.39, 0.29) is 0 Å². The highest BCUT2D eigenvalue weighted by atomic mass is 32.2. The molecule has 5 heteroatoms. The maximum atomic E-state index is 5.69. The summed E-state index contributed by atoms with van der Waals surface area (Å²) in [6, 6.07) is 13.7. The van der Waals surface area contributed by atoms with Crippen LogP contribution in [-0.4, -0.2) is 14.4 Å². The zero-order valence-electron chi connectivity index (χ0n) is 9.85. The molecule has 19 heavy (non-hydrogen) atoms. The van der Waals surface area contributed by atoms with E-state index in [1.165, 1.54) is 11.8 Å². The molecular weight excluding hydrogens is 258 g/mol. The highest BCUT2D eigenvalue weighted by Gasteiger charge is 2.10. The van der Waals surface area contributed by atoms with E-state index in [1.54, 1.807) is 0 Å². The number of oxazole rings is 1. The molecule has 0 saturated heterocycles. The number of aromatic nitrogens is 3. The third-order valence-corrected chi connectivity index (χ3v) is 3.69. The average Bonchev–Trinajstić information content (AvgIpc) is 3.03. The maximum Gasteiger partial charge on any atom is 0.264 e. The second-order valence-corrected chi connectivity index (χ2v) is 5.00. The molecule has 0 aliphatic rings. The lowest BCUT2D eigenvalue weighted by Crippen LogP contribution is -1.85. The first-order valence-electron chi connectivity index (χ1n) is 5.86. The molecule has 0 amide bonds. The van der Waals surface area contributed by atoms with Gasteiger partial charge in [0, 0.05) is 18.0 Å². The molecule has 0 N–H and O–H groups in total. The predicted octanol–water partition coefficient (Wildman–Crippen LogP) is 3.63. The van der Waals surface area contributed by atoms with Crippen LogP contribution in [0.1, 0.15) is 0 Å². The summed E-state index contributed by atoms with van der Waals surface area (Å²) >= 11 is 1.42. The highest BCUT2D eigenvalue weighted by molar-refractivity contribution is 7.99. The zero-order chi connectivity index (χ0) is 12.7. The van der Waals surface area contributed by atoms with Gasteiger partial charge in [-0.1, -0.05) is 18.2 Å². The van der Waals surface area contributed by atoms with Gasteiger partial charge in [0.2, 0.25) is 0 Å². The van der Waals surface area contributed by atoms with Crippen LogP contribution in [0.25, 0.3) is 16.6 Å². The molecule has 3 aromatic heterocycles. The monoisotopic (exact) mass is 267 g/mol. The summed E-state index contributed by atoms with van der Waals surface area (Å²) in [5.41, 5.74) is 2.72. The fourth-order valence-corrected chi connectivity index (χ4v) is 2.77. The van der Waals surface area contributed by atoms with Gasteiger partial charge in [-0.25, -0.2) is 9.97 Å². The van der Waals surface area contributed by atoms with Crippen molar-refractivity contribution in [3.05, 3.63) is 54.9 Å². The standard InChI is InChI=1S/C14H9N3OS/c1-2-7-12-11(6-1)16-14(18-12)19-13-15-9-10-5-3-4-8-17(10)13/h1-9H. The van der Waals surface area contributed by atoms with Crippen molar-refractivity contribution < 1.29 is 4.42 Å². The van der Waals surface area contributed by atoms with E-state index in [0.717, 1.165) is 21.8 Å². The molecule has 0 fully saturated rings. The summed E-state index contributed by atoms with van der Waals surface area (Å²) in [5, 5.41) is 1.46. The molecule has 0 atom stereocenters. The summed E-state index contributed by atoms with van der Waals surface area (Å²) in [6.45, 7) is 0. The minimum atomic E-state index is 0.609. The second kappa shape index (κ2) is 4.13. The Labute approximate surface area is 113 Å². The van der Waals surface area contributed by atoms with Crippen LogP contribution in [0, 0.1) is 0 Å². The van der Waals surface area contributed by atoms with Crippen LogP contribution < -0.4 is 0 Å². The molecule has 0 unspecified atom stereocenters. The molecule has 0 aliphatic heterocycles. The Bertz CT molecular complexity index is 832. The van der Waals surface area contributed by atoms with E-state index in [9.17, 15) is 0 Å². The number of imidazole rings is 1. The van der Waals surface area contributed by atoms with Crippen molar-refractivity contribution in [1.29, 1.82) is 0 Å². The number of benzene rings is 1. The molecule has 92 valence electrons. The molecule has 4 rings (SSSR count). The lowest BCUT2D eigenvalue weighted by Gasteiger charge is -1.96. The minimum Gasteiger partial charge on any atom is -0.431 e. The number of para-hydroxylation sites is 2. The van der Waals surface area contributed by atoms with E-state index >= 15 is 0 Å². The largest absolute Gasteiger partial charge is 0.431 e. The SMILES string of the molecule is c1ccc2oc(Sc3ncc4ccccn34)nc2c1. The molecule has 0 saturated carbocycles. The van der Waals surface area contributed by atoms with Gasteiger partial charge >= 0.3 is 0 Å². The minimum absolute atomic E-state index is 0.609. The van der Waals surface area contributed by atoms with Gasteiger partial charge < -0.3 is 4.42 Å². The Kier molecular flexibility index (Phi) is 2.31. The fourth-order valence-electron chi connectivity index (χ4n) is 1.97. The molecule has 4 nitrogen and oxygen atoms in total. The molecule has 4 aromatic rings. The number of hydrogen-bond donors (Lipinski definition) is 0. The Morgan fingerprint density at radius 1 is 1.05 bits per heavy atom. The number of fused-ring (bicyclic) bond motifs is 2. The lowest BCUT2D eigenvalue weighted by molar-refractivity contribution is 0.488. The van der Waals surface area contributed by atoms with Gasteiger partial charge in [-0.05, 0) is 24.3 Å². The topological polar surface area (TPSA) is 43.3 Å². The Balaban J connectivity index is 1.78. The first kappa shape index (κ1) is 10.6. The van der Waals surface area contributed by atoms with Crippen LogP contribution in [0.5, 0.6) is 0 Å². The van der Waals surface area contributed by atoms with Crippen molar-refractivity contribution in [2.45, 2.75) is 10.4 Å².